The zero-order valence-electron chi connectivity index (χ0n) is 18.6. The Morgan fingerprint density at radius 2 is 1.85 bits per heavy atom. The lowest BCUT2D eigenvalue weighted by molar-refractivity contribution is 0.0526. The molecule has 0 bridgehead atoms. The van der Waals surface area contributed by atoms with Crippen molar-refractivity contribution in [3.05, 3.63) is 99.5 Å². The third-order valence-corrected chi connectivity index (χ3v) is 6.27. The number of hydrogen-bond acceptors (Lipinski definition) is 4. The quantitative estimate of drug-likeness (QED) is 0.329. The predicted octanol–water partition coefficient (Wildman–Crippen LogP) is 7.39. The summed E-state index contributed by atoms with van der Waals surface area (Å²) in [4.78, 5) is 14.5. The summed E-state index contributed by atoms with van der Waals surface area (Å²) in [5.74, 6) is 0.456. The molecule has 3 aromatic carbocycles. The molecule has 0 saturated heterocycles. The average molecular weight is 482 g/mol. The zero-order chi connectivity index (χ0) is 23.4. The molecule has 1 atom stereocenters. The molecular weight excluding hydrogens is 457 g/mol. The lowest BCUT2D eigenvalue weighted by Crippen LogP contribution is -2.27. The maximum Gasteiger partial charge on any atom is 0.338 e. The standard InChI is InChI=1S/C27H25Cl2NO3/c1-3-32-27(31)20-7-6-8-21(16-20)30-18(2)11-14-25(30)22-9-4-5-10-26(22)33-17-19-12-13-23(28)24(29)15-19/h4-10,12-16,18H,3,11,17H2,1-2H3. The molecule has 0 spiro atoms. The second kappa shape index (κ2) is 10.3. The molecule has 0 fully saturated rings. The lowest BCUT2D eigenvalue weighted by Gasteiger charge is -2.29. The Hall–Kier alpha value is -2.95. The predicted molar refractivity (Wildman–Crippen MR) is 134 cm³/mol. The topological polar surface area (TPSA) is 38.8 Å². The number of para-hydroxylation sites is 1. The molecule has 1 aliphatic heterocycles. The van der Waals surface area contributed by atoms with Gasteiger partial charge in [-0.25, -0.2) is 4.79 Å². The van der Waals surface area contributed by atoms with E-state index < -0.39 is 0 Å². The van der Waals surface area contributed by atoms with Crippen LogP contribution in [-0.2, 0) is 11.3 Å². The van der Waals surface area contributed by atoms with Gasteiger partial charge in [0.15, 0.2) is 0 Å². The number of carbonyl (C=O) groups excluding carboxylic acids is 1. The van der Waals surface area contributed by atoms with Gasteiger partial charge in [0, 0.05) is 23.0 Å². The highest BCUT2D eigenvalue weighted by Crippen LogP contribution is 2.39. The van der Waals surface area contributed by atoms with Crippen molar-refractivity contribution in [3.63, 3.8) is 0 Å². The van der Waals surface area contributed by atoms with Crippen molar-refractivity contribution in [2.24, 2.45) is 0 Å². The van der Waals surface area contributed by atoms with Crippen molar-refractivity contribution in [2.75, 3.05) is 11.5 Å². The SMILES string of the molecule is CCOC(=O)c1cccc(N2C(c3ccccc3OCc3ccc(Cl)c(Cl)c3)=CCC2C)c1. The van der Waals surface area contributed by atoms with E-state index in [-0.39, 0.29) is 12.0 Å². The molecule has 0 aromatic heterocycles. The van der Waals surface area contributed by atoms with Crippen LogP contribution in [0.25, 0.3) is 5.70 Å². The van der Waals surface area contributed by atoms with E-state index in [2.05, 4.69) is 24.0 Å². The van der Waals surface area contributed by atoms with Gasteiger partial charge in [-0.3, -0.25) is 0 Å². The van der Waals surface area contributed by atoms with Crippen molar-refractivity contribution in [1.82, 2.24) is 0 Å². The highest BCUT2D eigenvalue weighted by Gasteiger charge is 2.27. The van der Waals surface area contributed by atoms with E-state index in [0.29, 0.717) is 28.8 Å². The van der Waals surface area contributed by atoms with Crippen LogP contribution in [0, 0.1) is 0 Å². The Balaban J connectivity index is 1.61. The van der Waals surface area contributed by atoms with E-state index in [9.17, 15) is 4.79 Å². The second-order valence-corrected chi connectivity index (χ2v) is 8.66. The van der Waals surface area contributed by atoms with E-state index in [4.69, 9.17) is 32.7 Å². The summed E-state index contributed by atoms with van der Waals surface area (Å²) in [7, 11) is 0. The summed E-state index contributed by atoms with van der Waals surface area (Å²) >= 11 is 12.2. The molecule has 4 rings (SSSR count). The van der Waals surface area contributed by atoms with Gasteiger partial charge in [-0.15, -0.1) is 0 Å². The summed E-state index contributed by atoms with van der Waals surface area (Å²) in [6.45, 7) is 4.69. The molecule has 3 aromatic rings. The van der Waals surface area contributed by atoms with Crippen molar-refractivity contribution >= 4 is 40.6 Å². The summed E-state index contributed by atoms with van der Waals surface area (Å²) in [5, 5.41) is 1.03. The van der Waals surface area contributed by atoms with Crippen LogP contribution in [0.5, 0.6) is 5.75 Å². The van der Waals surface area contributed by atoms with Gasteiger partial charge < -0.3 is 14.4 Å². The van der Waals surface area contributed by atoms with Gasteiger partial charge in [-0.05, 0) is 68.3 Å². The first-order valence-corrected chi connectivity index (χ1v) is 11.7. The van der Waals surface area contributed by atoms with Crippen molar-refractivity contribution in [1.29, 1.82) is 0 Å². The lowest BCUT2D eigenvalue weighted by atomic mass is 10.1. The highest BCUT2D eigenvalue weighted by atomic mass is 35.5. The van der Waals surface area contributed by atoms with Crippen LogP contribution >= 0.6 is 23.2 Å². The van der Waals surface area contributed by atoms with Crippen LogP contribution in [-0.4, -0.2) is 18.6 Å². The Labute approximate surface area is 204 Å². The van der Waals surface area contributed by atoms with Crippen molar-refractivity contribution in [2.45, 2.75) is 32.9 Å². The fourth-order valence-corrected chi connectivity index (χ4v) is 4.27. The number of carbonyl (C=O) groups is 1. The monoisotopic (exact) mass is 481 g/mol. The number of rotatable bonds is 7. The second-order valence-electron chi connectivity index (χ2n) is 7.85. The van der Waals surface area contributed by atoms with Crippen LogP contribution < -0.4 is 9.64 Å². The molecule has 0 saturated carbocycles. The minimum absolute atomic E-state index is 0.237. The largest absolute Gasteiger partial charge is 0.488 e. The van der Waals surface area contributed by atoms with Crippen LogP contribution in [0.15, 0.2) is 72.8 Å². The van der Waals surface area contributed by atoms with Gasteiger partial charge in [0.2, 0.25) is 0 Å². The number of anilines is 1. The van der Waals surface area contributed by atoms with Gasteiger partial charge in [-0.2, -0.15) is 0 Å². The number of nitrogens with zero attached hydrogens (tertiary/aromatic N) is 1. The maximum atomic E-state index is 12.3. The van der Waals surface area contributed by atoms with E-state index in [1.165, 1.54) is 0 Å². The number of benzene rings is 3. The number of halogens is 2. The highest BCUT2D eigenvalue weighted by molar-refractivity contribution is 6.42. The molecule has 6 heteroatoms. The molecule has 1 unspecified atom stereocenters. The van der Waals surface area contributed by atoms with Crippen LogP contribution in [0.2, 0.25) is 10.0 Å². The minimum Gasteiger partial charge on any atom is -0.488 e. The molecule has 4 nitrogen and oxygen atoms in total. The number of esters is 1. The van der Waals surface area contributed by atoms with E-state index in [1.807, 2.05) is 48.5 Å². The average Bonchev–Trinajstić information content (AvgIpc) is 3.21. The van der Waals surface area contributed by atoms with Gasteiger partial charge in [-0.1, -0.05) is 53.5 Å². The zero-order valence-corrected chi connectivity index (χ0v) is 20.1. The Morgan fingerprint density at radius 3 is 2.64 bits per heavy atom. The van der Waals surface area contributed by atoms with Crippen LogP contribution in [0.4, 0.5) is 5.69 Å². The van der Waals surface area contributed by atoms with Crippen LogP contribution in [0.3, 0.4) is 0 Å². The van der Waals surface area contributed by atoms with E-state index >= 15 is 0 Å². The maximum absolute atomic E-state index is 12.3. The summed E-state index contributed by atoms with van der Waals surface area (Å²) in [6.07, 6.45) is 3.10. The first kappa shape index (κ1) is 23.2. The van der Waals surface area contributed by atoms with Gasteiger partial charge >= 0.3 is 5.97 Å². The molecule has 170 valence electrons. The number of ether oxygens (including phenoxy) is 2. The third kappa shape index (κ3) is 5.18. The summed E-state index contributed by atoms with van der Waals surface area (Å²) in [6, 6.07) is 21.3. The normalized spacial score (nSPS) is 15.3. The Morgan fingerprint density at radius 1 is 1.03 bits per heavy atom. The molecule has 0 aliphatic carbocycles. The molecule has 0 radical (unpaired) electrons. The molecule has 0 N–H and O–H groups in total. The molecule has 33 heavy (non-hydrogen) atoms. The molecule has 1 aliphatic rings. The minimum atomic E-state index is -0.318. The van der Waals surface area contributed by atoms with E-state index in [1.54, 1.807) is 19.1 Å². The Kier molecular flexibility index (Phi) is 7.26. The summed E-state index contributed by atoms with van der Waals surface area (Å²) in [5.41, 5.74) is 4.46. The van der Waals surface area contributed by atoms with Crippen molar-refractivity contribution < 1.29 is 14.3 Å². The molecular formula is C27H25Cl2NO3. The first-order valence-electron chi connectivity index (χ1n) is 10.9. The molecule has 1 heterocycles. The fourth-order valence-electron chi connectivity index (χ4n) is 3.95. The fraction of sp³-hybridized carbons (Fsp3) is 0.222. The van der Waals surface area contributed by atoms with Gasteiger partial charge in [0.25, 0.3) is 0 Å². The van der Waals surface area contributed by atoms with Gasteiger partial charge in [0.1, 0.15) is 12.4 Å². The first-order chi connectivity index (χ1) is 16.0. The Bertz CT molecular complexity index is 1190. The molecule has 0 amide bonds. The van der Waals surface area contributed by atoms with Crippen LogP contribution in [0.1, 0.15) is 41.8 Å². The third-order valence-electron chi connectivity index (χ3n) is 5.53. The smallest absolute Gasteiger partial charge is 0.338 e. The number of hydrogen-bond donors (Lipinski definition) is 0. The summed E-state index contributed by atoms with van der Waals surface area (Å²) < 4.78 is 11.4. The van der Waals surface area contributed by atoms with E-state index in [0.717, 1.165) is 34.7 Å². The van der Waals surface area contributed by atoms with Crippen molar-refractivity contribution in [3.8, 4) is 5.75 Å². The van der Waals surface area contributed by atoms with Gasteiger partial charge in [0.05, 0.1) is 22.2 Å².